The van der Waals surface area contributed by atoms with Gasteiger partial charge in [-0.15, -0.1) is 11.3 Å². The molecule has 0 atom stereocenters. The van der Waals surface area contributed by atoms with Crippen LogP contribution in [-0.4, -0.2) is 10.8 Å². The topological polar surface area (TPSA) is 30.0 Å². The molecule has 2 heterocycles. The lowest BCUT2D eigenvalue weighted by Gasteiger charge is -1.98. The number of pyridine rings is 1. The van der Waals surface area contributed by atoms with Crippen LogP contribution in [0.2, 0.25) is 0 Å². The molecule has 0 radical (unpaired) electrons. The van der Waals surface area contributed by atoms with Crippen LogP contribution in [-0.2, 0) is 0 Å². The number of hydrogen-bond donors (Lipinski definition) is 0. The fourth-order valence-electron chi connectivity index (χ4n) is 1.95. The summed E-state index contributed by atoms with van der Waals surface area (Å²) in [5, 5.41) is 0.758. The van der Waals surface area contributed by atoms with Crippen molar-refractivity contribution in [2.75, 3.05) is 0 Å². The van der Waals surface area contributed by atoms with E-state index in [1.807, 2.05) is 6.92 Å². The maximum absolute atomic E-state index is 13.1. The van der Waals surface area contributed by atoms with Crippen molar-refractivity contribution in [3.8, 4) is 0 Å². The second-order valence-corrected chi connectivity index (χ2v) is 5.46. The first-order valence-electron chi connectivity index (χ1n) is 5.79. The number of fused-ring (bicyclic) bond motifs is 1. The van der Waals surface area contributed by atoms with Crippen LogP contribution in [0, 0.1) is 12.7 Å². The van der Waals surface area contributed by atoms with Gasteiger partial charge in [0.1, 0.15) is 5.82 Å². The van der Waals surface area contributed by atoms with Gasteiger partial charge in [0.25, 0.3) is 0 Å². The van der Waals surface area contributed by atoms with Crippen LogP contribution in [0.5, 0.6) is 0 Å². The predicted molar refractivity (Wildman–Crippen MR) is 74.2 cm³/mol. The van der Waals surface area contributed by atoms with Gasteiger partial charge in [-0.1, -0.05) is 0 Å². The van der Waals surface area contributed by atoms with Crippen molar-refractivity contribution in [3.63, 3.8) is 0 Å². The van der Waals surface area contributed by atoms with Crippen LogP contribution in [0.1, 0.15) is 20.8 Å². The first-order chi connectivity index (χ1) is 9.13. The van der Waals surface area contributed by atoms with E-state index < -0.39 is 0 Å². The standard InChI is InChI=1S/C15H10FNOS/c1-9-4-11(8-17-7-9)15(18)14-6-10-5-12(16)2-3-13(10)19-14/h2-8H,1H3. The zero-order valence-electron chi connectivity index (χ0n) is 10.2. The van der Waals surface area contributed by atoms with Crippen molar-refractivity contribution < 1.29 is 9.18 Å². The molecule has 0 N–H and O–H groups in total. The quantitative estimate of drug-likeness (QED) is 0.660. The van der Waals surface area contributed by atoms with Gasteiger partial charge < -0.3 is 0 Å². The van der Waals surface area contributed by atoms with Crippen LogP contribution >= 0.6 is 11.3 Å². The molecule has 0 spiro atoms. The highest BCUT2D eigenvalue weighted by atomic mass is 32.1. The summed E-state index contributed by atoms with van der Waals surface area (Å²) in [6, 6.07) is 8.08. The first-order valence-corrected chi connectivity index (χ1v) is 6.60. The summed E-state index contributed by atoms with van der Waals surface area (Å²) >= 11 is 1.37. The van der Waals surface area contributed by atoms with Crippen LogP contribution in [0.3, 0.4) is 0 Å². The number of carbonyl (C=O) groups is 1. The van der Waals surface area contributed by atoms with Gasteiger partial charge in [-0.2, -0.15) is 0 Å². The van der Waals surface area contributed by atoms with E-state index in [4.69, 9.17) is 0 Å². The van der Waals surface area contributed by atoms with E-state index >= 15 is 0 Å². The third kappa shape index (κ3) is 2.27. The van der Waals surface area contributed by atoms with Crippen molar-refractivity contribution >= 4 is 27.2 Å². The smallest absolute Gasteiger partial charge is 0.204 e. The Morgan fingerprint density at radius 2 is 2.05 bits per heavy atom. The number of halogens is 1. The Hall–Kier alpha value is -2.07. The number of benzene rings is 1. The van der Waals surface area contributed by atoms with Crippen LogP contribution in [0.15, 0.2) is 42.7 Å². The SMILES string of the molecule is Cc1cncc(C(=O)c2cc3cc(F)ccc3s2)c1. The minimum absolute atomic E-state index is 0.0715. The highest BCUT2D eigenvalue weighted by Crippen LogP contribution is 2.28. The number of aryl methyl sites for hydroxylation is 1. The monoisotopic (exact) mass is 271 g/mol. The molecule has 0 amide bonds. The molecule has 1 aromatic carbocycles. The zero-order valence-corrected chi connectivity index (χ0v) is 11.0. The Morgan fingerprint density at radius 1 is 1.21 bits per heavy atom. The Bertz CT molecular complexity index is 779. The van der Waals surface area contributed by atoms with Crippen molar-refractivity contribution in [1.82, 2.24) is 4.98 Å². The average Bonchev–Trinajstić information content (AvgIpc) is 2.80. The number of aromatic nitrogens is 1. The summed E-state index contributed by atoms with van der Waals surface area (Å²) in [4.78, 5) is 17.0. The molecule has 3 rings (SSSR count). The largest absolute Gasteiger partial charge is 0.288 e. The van der Waals surface area contributed by atoms with Gasteiger partial charge in [0.15, 0.2) is 0 Å². The van der Waals surface area contributed by atoms with E-state index in [1.165, 1.54) is 23.5 Å². The molecule has 2 aromatic heterocycles. The number of ketones is 1. The molecule has 0 saturated heterocycles. The van der Waals surface area contributed by atoms with Gasteiger partial charge in [-0.05, 0) is 48.2 Å². The van der Waals surface area contributed by atoms with E-state index in [0.29, 0.717) is 10.4 Å². The average molecular weight is 271 g/mol. The van der Waals surface area contributed by atoms with Gasteiger partial charge in [0.05, 0.1) is 4.88 Å². The minimum atomic E-state index is -0.290. The van der Waals surface area contributed by atoms with Gasteiger partial charge in [-0.3, -0.25) is 9.78 Å². The number of carbonyl (C=O) groups excluding carboxylic acids is 1. The van der Waals surface area contributed by atoms with Gasteiger partial charge in [0.2, 0.25) is 5.78 Å². The lowest BCUT2D eigenvalue weighted by atomic mass is 10.1. The normalized spacial score (nSPS) is 10.8. The predicted octanol–water partition coefficient (Wildman–Crippen LogP) is 3.97. The summed E-state index contributed by atoms with van der Waals surface area (Å²) in [6.07, 6.45) is 3.26. The van der Waals surface area contributed by atoms with Crippen molar-refractivity contribution in [1.29, 1.82) is 0 Å². The molecule has 3 aromatic rings. The molecule has 0 saturated carbocycles. The van der Waals surface area contributed by atoms with Gasteiger partial charge >= 0.3 is 0 Å². The van der Waals surface area contributed by atoms with Crippen molar-refractivity contribution in [3.05, 3.63) is 64.5 Å². The van der Waals surface area contributed by atoms with Crippen LogP contribution in [0.25, 0.3) is 10.1 Å². The second-order valence-electron chi connectivity index (χ2n) is 4.37. The lowest BCUT2D eigenvalue weighted by molar-refractivity contribution is 0.104. The molecular formula is C15H10FNOS. The maximum atomic E-state index is 13.1. The second kappa shape index (κ2) is 4.55. The third-order valence-corrected chi connectivity index (χ3v) is 3.95. The Labute approximate surface area is 113 Å². The fourth-order valence-corrected chi connectivity index (χ4v) is 2.95. The highest BCUT2D eigenvalue weighted by molar-refractivity contribution is 7.21. The van der Waals surface area contributed by atoms with Crippen molar-refractivity contribution in [2.45, 2.75) is 6.92 Å². The summed E-state index contributed by atoms with van der Waals surface area (Å²) in [7, 11) is 0. The Kier molecular flexibility index (Phi) is 2.87. The van der Waals surface area contributed by atoms with E-state index in [1.54, 1.807) is 30.6 Å². The third-order valence-electron chi connectivity index (χ3n) is 2.84. The number of rotatable bonds is 2. The van der Waals surface area contributed by atoms with Crippen molar-refractivity contribution in [2.24, 2.45) is 0 Å². The van der Waals surface area contributed by atoms with E-state index in [9.17, 15) is 9.18 Å². The highest BCUT2D eigenvalue weighted by Gasteiger charge is 2.13. The number of hydrogen-bond acceptors (Lipinski definition) is 3. The Morgan fingerprint density at radius 3 is 2.84 bits per heavy atom. The summed E-state index contributed by atoms with van der Waals surface area (Å²) in [5.74, 6) is -0.362. The molecule has 0 bridgehead atoms. The van der Waals surface area contributed by atoms with Gasteiger partial charge in [0, 0.05) is 22.7 Å². The first kappa shape index (κ1) is 12.0. The molecular weight excluding hydrogens is 261 g/mol. The molecule has 0 aliphatic carbocycles. The Balaban J connectivity index is 2.06. The molecule has 2 nitrogen and oxygen atoms in total. The van der Waals surface area contributed by atoms with Crippen LogP contribution < -0.4 is 0 Å². The van der Waals surface area contributed by atoms with E-state index in [-0.39, 0.29) is 11.6 Å². The summed E-state index contributed by atoms with van der Waals surface area (Å²) in [6.45, 7) is 1.89. The van der Waals surface area contributed by atoms with Gasteiger partial charge in [-0.25, -0.2) is 4.39 Å². The fraction of sp³-hybridized carbons (Fsp3) is 0.0667. The summed E-state index contributed by atoms with van der Waals surface area (Å²) in [5.41, 5.74) is 1.50. The zero-order chi connectivity index (χ0) is 13.4. The molecule has 0 unspecified atom stereocenters. The molecule has 94 valence electrons. The molecule has 0 aliphatic heterocycles. The molecule has 19 heavy (non-hydrogen) atoms. The lowest BCUT2D eigenvalue weighted by Crippen LogP contribution is -1.99. The molecule has 0 aliphatic rings. The minimum Gasteiger partial charge on any atom is -0.288 e. The number of thiophene rings is 1. The molecule has 4 heteroatoms. The van der Waals surface area contributed by atoms with E-state index in [2.05, 4.69) is 4.98 Å². The number of nitrogens with zero attached hydrogens (tertiary/aromatic N) is 1. The summed E-state index contributed by atoms with van der Waals surface area (Å²) < 4.78 is 14.0. The maximum Gasteiger partial charge on any atom is 0.204 e. The van der Waals surface area contributed by atoms with E-state index in [0.717, 1.165) is 15.6 Å². The molecule has 0 fully saturated rings. The van der Waals surface area contributed by atoms with Crippen LogP contribution in [0.4, 0.5) is 4.39 Å².